The molecule has 3 rings (SSSR count). The van der Waals surface area contributed by atoms with Crippen molar-refractivity contribution in [2.24, 2.45) is 5.92 Å². The zero-order valence-corrected chi connectivity index (χ0v) is 12.1. The predicted octanol–water partition coefficient (Wildman–Crippen LogP) is 3.64. The molecule has 1 heterocycles. The highest BCUT2D eigenvalue weighted by atomic mass is 16.5. The van der Waals surface area contributed by atoms with Crippen molar-refractivity contribution in [3.63, 3.8) is 0 Å². The van der Waals surface area contributed by atoms with Crippen LogP contribution < -0.4 is 10.1 Å². The molecule has 0 aromatic heterocycles. The third-order valence-corrected chi connectivity index (χ3v) is 5.02. The molecule has 0 spiro atoms. The van der Waals surface area contributed by atoms with Gasteiger partial charge in [-0.15, -0.1) is 0 Å². The van der Waals surface area contributed by atoms with Crippen LogP contribution in [0.5, 0.6) is 5.75 Å². The summed E-state index contributed by atoms with van der Waals surface area (Å²) in [6.07, 6.45) is 7.00. The van der Waals surface area contributed by atoms with Gasteiger partial charge in [0.25, 0.3) is 0 Å². The molecule has 2 atom stereocenters. The van der Waals surface area contributed by atoms with Gasteiger partial charge in [0.15, 0.2) is 0 Å². The van der Waals surface area contributed by atoms with Crippen LogP contribution in [0.15, 0.2) is 18.2 Å². The Morgan fingerprint density at radius 3 is 2.74 bits per heavy atom. The minimum atomic E-state index is 0.625. The van der Waals surface area contributed by atoms with Crippen molar-refractivity contribution in [2.75, 3.05) is 13.7 Å². The van der Waals surface area contributed by atoms with E-state index in [0.717, 1.165) is 24.3 Å². The average molecular weight is 259 g/mol. The molecule has 0 radical (unpaired) electrons. The lowest BCUT2D eigenvalue weighted by atomic mass is 9.89. The lowest BCUT2D eigenvalue weighted by molar-refractivity contribution is 0.390. The normalized spacial score (nSPS) is 27.9. The summed E-state index contributed by atoms with van der Waals surface area (Å²) in [6, 6.07) is 7.28. The minimum Gasteiger partial charge on any atom is -0.496 e. The standard InChI is InChI=1S/C17H25NO/c1-12-6-5-9-15(17(12)19-2)14-10-16(18-11-14)13-7-3-4-8-13/h5-6,9,13-14,16,18H,3-4,7-8,10-11H2,1-2H3. The van der Waals surface area contributed by atoms with E-state index in [9.17, 15) is 0 Å². The maximum atomic E-state index is 5.62. The van der Waals surface area contributed by atoms with E-state index in [1.54, 1.807) is 7.11 Å². The van der Waals surface area contributed by atoms with Gasteiger partial charge in [0, 0.05) is 18.5 Å². The van der Waals surface area contributed by atoms with Gasteiger partial charge in [-0.3, -0.25) is 0 Å². The molecular formula is C17H25NO. The number of methoxy groups -OCH3 is 1. The summed E-state index contributed by atoms with van der Waals surface area (Å²) in [5.74, 6) is 2.64. The van der Waals surface area contributed by atoms with Gasteiger partial charge in [0.2, 0.25) is 0 Å². The smallest absolute Gasteiger partial charge is 0.125 e. The quantitative estimate of drug-likeness (QED) is 0.895. The molecule has 2 heteroatoms. The topological polar surface area (TPSA) is 21.3 Å². The van der Waals surface area contributed by atoms with Gasteiger partial charge in [0.1, 0.15) is 5.75 Å². The van der Waals surface area contributed by atoms with E-state index in [-0.39, 0.29) is 0 Å². The Morgan fingerprint density at radius 2 is 2.00 bits per heavy atom. The van der Waals surface area contributed by atoms with Crippen LogP contribution in [0.2, 0.25) is 0 Å². The zero-order chi connectivity index (χ0) is 13.2. The minimum absolute atomic E-state index is 0.625. The van der Waals surface area contributed by atoms with Crippen molar-refractivity contribution in [3.8, 4) is 5.75 Å². The Hall–Kier alpha value is -1.02. The van der Waals surface area contributed by atoms with Crippen molar-refractivity contribution in [2.45, 2.75) is 51.0 Å². The second kappa shape index (κ2) is 5.54. The van der Waals surface area contributed by atoms with E-state index in [2.05, 4.69) is 30.4 Å². The van der Waals surface area contributed by atoms with Crippen molar-refractivity contribution in [1.29, 1.82) is 0 Å². The number of benzene rings is 1. The highest BCUT2D eigenvalue weighted by Gasteiger charge is 2.33. The predicted molar refractivity (Wildman–Crippen MR) is 78.8 cm³/mol. The van der Waals surface area contributed by atoms with Crippen LogP contribution in [0, 0.1) is 12.8 Å². The van der Waals surface area contributed by atoms with E-state index in [4.69, 9.17) is 4.74 Å². The third-order valence-electron chi connectivity index (χ3n) is 5.02. The van der Waals surface area contributed by atoms with Gasteiger partial charge in [-0.25, -0.2) is 0 Å². The van der Waals surface area contributed by atoms with Crippen molar-refractivity contribution in [1.82, 2.24) is 5.32 Å². The fourth-order valence-electron chi connectivity index (χ4n) is 4.00. The molecule has 1 saturated carbocycles. The number of nitrogens with one attached hydrogen (secondary N) is 1. The van der Waals surface area contributed by atoms with E-state index in [1.165, 1.54) is 43.2 Å². The molecule has 1 aliphatic heterocycles. The molecule has 1 N–H and O–H groups in total. The molecule has 104 valence electrons. The Labute approximate surface area is 116 Å². The van der Waals surface area contributed by atoms with Crippen LogP contribution in [0.1, 0.15) is 49.1 Å². The second-order valence-electron chi connectivity index (χ2n) is 6.19. The van der Waals surface area contributed by atoms with Gasteiger partial charge < -0.3 is 10.1 Å². The first kappa shape index (κ1) is 13.0. The summed E-state index contributed by atoms with van der Waals surface area (Å²) in [4.78, 5) is 0. The third kappa shape index (κ3) is 2.51. The SMILES string of the molecule is COc1c(C)cccc1C1CNC(C2CCCC2)C1. The Morgan fingerprint density at radius 1 is 1.21 bits per heavy atom. The van der Waals surface area contributed by atoms with Crippen molar-refractivity contribution in [3.05, 3.63) is 29.3 Å². The largest absolute Gasteiger partial charge is 0.496 e. The molecule has 1 aromatic rings. The summed E-state index contributed by atoms with van der Waals surface area (Å²) >= 11 is 0. The van der Waals surface area contributed by atoms with Crippen LogP contribution in [0.4, 0.5) is 0 Å². The molecule has 1 saturated heterocycles. The van der Waals surface area contributed by atoms with Crippen LogP contribution in [0.25, 0.3) is 0 Å². The molecule has 19 heavy (non-hydrogen) atoms. The molecule has 2 aliphatic rings. The fourth-order valence-corrected chi connectivity index (χ4v) is 4.00. The molecular weight excluding hydrogens is 234 g/mol. The highest BCUT2D eigenvalue weighted by Crippen LogP contribution is 2.39. The van der Waals surface area contributed by atoms with Gasteiger partial charge in [0.05, 0.1) is 7.11 Å². The molecule has 1 aromatic carbocycles. The lowest BCUT2D eigenvalue weighted by Crippen LogP contribution is -2.28. The summed E-state index contributed by atoms with van der Waals surface area (Å²) < 4.78 is 5.62. The number of rotatable bonds is 3. The molecule has 0 amide bonds. The van der Waals surface area contributed by atoms with Gasteiger partial charge in [-0.05, 0) is 43.2 Å². The maximum Gasteiger partial charge on any atom is 0.125 e. The monoisotopic (exact) mass is 259 g/mol. The molecule has 2 fully saturated rings. The summed E-state index contributed by atoms with van der Waals surface area (Å²) in [6.45, 7) is 3.25. The van der Waals surface area contributed by atoms with Crippen LogP contribution in [-0.4, -0.2) is 19.7 Å². The number of ether oxygens (including phenoxy) is 1. The van der Waals surface area contributed by atoms with Crippen LogP contribution in [-0.2, 0) is 0 Å². The second-order valence-corrected chi connectivity index (χ2v) is 6.19. The highest BCUT2D eigenvalue weighted by molar-refractivity contribution is 5.43. The number of hydrogen-bond acceptors (Lipinski definition) is 2. The van der Waals surface area contributed by atoms with Crippen molar-refractivity contribution < 1.29 is 4.74 Å². The molecule has 2 nitrogen and oxygen atoms in total. The molecule has 0 bridgehead atoms. The summed E-state index contributed by atoms with van der Waals surface area (Å²) in [5.41, 5.74) is 2.65. The Bertz CT molecular complexity index is 437. The van der Waals surface area contributed by atoms with Crippen LogP contribution >= 0.6 is 0 Å². The van der Waals surface area contributed by atoms with Gasteiger partial charge in [-0.1, -0.05) is 31.0 Å². The maximum absolute atomic E-state index is 5.62. The Balaban J connectivity index is 1.75. The molecule has 1 aliphatic carbocycles. The first-order valence-electron chi connectivity index (χ1n) is 7.66. The first-order valence-corrected chi connectivity index (χ1v) is 7.66. The average Bonchev–Trinajstić information content (AvgIpc) is 3.09. The van der Waals surface area contributed by atoms with E-state index >= 15 is 0 Å². The van der Waals surface area contributed by atoms with Gasteiger partial charge >= 0.3 is 0 Å². The number of para-hydroxylation sites is 1. The first-order chi connectivity index (χ1) is 9.29. The van der Waals surface area contributed by atoms with Crippen molar-refractivity contribution >= 4 is 0 Å². The Kier molecular flexibility index (Phi) is 3.79. The summed E-state index contributed by atoms with van der Waals surface area (Å²) in [7, 11) is 1.79. The van der Waals surface area contributed by atoms with E-state index in [0.29, 0.717) is 5.92 Å². The lowest BCUT2D eigenvalue weighted by Gasteiger charge is -2.19. The zero-order valence-electron chi connectivity index (χ0n) is 12.1. The number of hydrogen-bond donors (Lipinski definition) is 1. The number of aryl methyl sites for hydroxylation is 1. The summed E-state index contributed by atoms with van der Waals surface area (Å²) in [5, 5.41) is 3.76. The fraction of sp³-hybridized carbons (Fsp3) is 0.647. The molecule has 2 unspecified atom stereocenters. The van der Waals surface area contributed by atoms with Gasteiger partial charge in [-0.2, -0.15) is 0 Å². The van der Waals surface area contributed by atoms with Crippen LogP contribution in [0.3, 0.4) is 0 Å². The van der Waals surface area contributed by atoms with E-state index in [1.807, 2.05) is 0 Å². The van der Waals surface area contributed by atoms with E-state index < -0.39 is 0 Å².